The summed E-state index contributed by atoms with van der Waals surface area (Å²) in [5.41, 5.74) is 6.18. The van der Waals surface area contributed by atoms with Crippen LogP contribution >= 0.6 is 12.2 Å². The lowest BCUT2D eigenvalue weighted by atomic mass is 10.2. The zero-order valence-electron chi connectivity index (χ0n) is 11.0. The average molecular weight is 296 g/mol. The molecular formula is C13H16N2O4S. The number of nitrogens with two attached hydrogens (primary N) is 1. The minimum absolute atomic E-state index is 0.170. The van der Waals surface area contributed by atoms with Gasteiger partial charge in [0.15, 0.2) is 6.61 Å². The second-order valence-electron chi connectivity index (χ2n) is 3.76. The molecular weight excluding hydrogens is 280 g/mol. The molecule has 1 rings (SSSR count). The molecule has 0 aliphatic carbocycles. The van der Waals surface area contributed by atoms with Gasteiger partial charge in [-0.2, -0.15) is 0 Å². The molecule has 1 aromatic rings. The molecule has 0 unspecified atom stereocenters. The van der Waals surface area contributed by atoms with E-state index in [1.165, 1.54) is 0 Å². The van der Waals surface area contributed by atoms with Gasteiger partial charge in [-0.05, 0) is 31.2 Å². The quantitative estimate of drug-likeness (QED) is 0.558. The maximum absolute atomic E-state index is 11.4. The summed E-state index contributed by atoms with van der Waals surface area (Å²) in [6.45, 7) is 1.61. The van der Waals surface area contributed by atoms with Crippen LogP contribution in [0.1, 0.15) is 12.5 Å². The number of carbonyl (C=O) groups is 2. The van der Waals surface area contributed by atoms with E-state index in [0.717, 1.165) is 5.56 Å². The zero-order valence-corrected chi connectivity index (χ0v) is 11.9. The largest absolute Gasteiger partial charge is 0.484 e. The third-order valence-corrected chi connectivity index (χ3v) is 2.48. The summed E-state index contributed by atoms with van der Waals surface area (Å²) in [6, 6.07) is 6.72. The highest BCUT2D eigenvalue weighted by Gasteiger charge is 2.06. The number of benzene rings is 1. The average Bonchev–Trinajstić information content (AvgIpc) is 2.43. The molecule has 0 bridgehead atoms. The third kappa shape index (κ3) is 5.66. The van der Waals surface area contributed by atoms with E-state index in [4.69, 9.17) is 22.7 Å². The molecule has 0 saturated heterocycles. The van der Waals surface area contributed by atoms with Crippen molar-refractivity contribution in [3.8, 4) is 5.75 Å². The number of amides is 1. The van der Waals surface area contributed by atoms with Gasteiger partial charge in [0.1, 0.15) is 17.3 Å². The van der Waals surface area contributed by atoms with Crippen LogP contribution < -0.4 is 15.8 Å². The maximum atomic E-state index is 11.4. The van der Waals surface area contributed by atoms with Crippen molar-refractivity contribution in [3.63, 3.8) is 0 Å². The zero-order chi connectivity index (χ0) is 15.0. The van der Waals surface area contributed by atoms with Gasteiger partial charge in [-0.3, -0.25) is 9.59 Å². The predicted molar refractivity (Wildman–Crippen MR) is 77.5 cm³/mol. The highest BCUT2D eigenvalue weighted by atomic mass is 32.1. The molecule has 6 nitrogen and oxygen atoms in total. The van der Waals surface area contributed by atoms with E-state index in [1.807, 2.05) is 0 Å². The molecule has 0 heterocycles. The lowest BCUT2D eigenvalue weighted by Gasteiger charge is -2.07. The smallest absolute Gasteiger partial charge is 0.325 e. The summed E-state index contributed by atoms with van der Waals surface area (Å²) in [4.78, 5) is 22.7. The number of hydrogen-bond acceptors (Lipinski definition) is 5. The number of esters is 1. The molecule has 1 aromatic carbocycles. The fourth-order valence-electron chi connectivity index (χ4n) is 1.30. The number of carbonyl (C=O) groups excluding carboxylic acids is 2. The highest BCUT2D eigenvalue weighted by molar-refractivity contribution is 7.80. The van der Waals surface area contributed by atoms with E-state index in [1.54, 1.807) is 31.2 Å². The summed E-state index contributed by atoms with van der Waals surface area (Å²) in [6.07, 6.45) is 0. The van der Waals surface area contributed by atoms with Crippen LogP contribution in [0.3, 0.4) is 0 Å². The number of hydrogen-bond donors (Lipinski definition) is 2. The van der Waals surface area contributed by atoms with Gasteiger partial charge in [-0.15, -0.1) is 0 Å². The highest BCUT2D eigenvalue weighted by Crippen LogP contribution is 2.11. The van der Waals surface area contributed by atoms with E-state index >= 15 is 0 Å². The van der Waals surface area contributed by atoms with Crippen molar-refractivity contribution in [2.24, 2.45) is 5.73 Å². The molecule has 20 heavy (non-hydrogen) atoms. The van der Waals surface area contributed by atoms with Crippen molar-refractivity contribution in [2.45, 2.75) is 6.92 Å². The van der Waals surface area contributed by atoms with E-state index < -0.39 is 11.9 Å². The summed E-state index contributed by atoms with van der Waals surface area (Å²) < 4.78 is 9.92. The van der Waals surface area contributed by atoms with Crippen molar-refractivity contribution in [1.82, 2.24) is 5.32 Å². The number of nitrogens with one attached hydrogen (secondary N) is 1. The van der Waals surface area contributed by atoms with Crippen molar-refractivity contribution in [2.75, 3.05) is 19.8 Å². The van der Waals surface area contributed by atoms with Crippen LogP contribution in [0.15, 0.2) is 24.3 Å². The molecule has 0 fully saturated rings. The van der Waals surface area contributed by atoms with Crippen LogP contribution in [0.5, 0.6) is 5.75 Å². The van der Waals surface area contributed by atoms with Gasteiger partial charge in [0.2, 0.25) is 0 Å². The topological polar surface area (TPSA) is 90.6 Å². The minimum atomic E-state index is -0.485. The standard InChI is InChI=1S/C13H16N2O4S/c1-2-18-12(17)7-15-11(16)8-19-10-5-3-9(4-6-10)13(14)20/h3-6H,2,7-8H2,1H3,(H2,14,20)(H,15,16). The first-order chi connectivity index (χ1) is 9.52. The normalized spacial score (nSPS) is 9.65. The van der Waals surface area contributed by atoms with Crippen molar-refractivity contribution in [1.29, 1.82) is 0 Å². The second-order valence-corrected chi connectivity index (χ2v) is 4.20. The maximum Gasteiger partial charge on any atom is 0.325 e. The fourth-order valence-corrected chi connectivity index (χ4v) is 1.43. The predicted octanol–water partition coefficient (Wildman–Crippen LogP) is 0.379. The minimum Gasteiger partial charge on any atom is -0.484 e. The number of thiocarbonyl (C=S) groups is 1. The van der Waals surface area contributed by atoms with E-state index in [0.29, 0.717) is 10.7 Å². The van der Waals surface area contributed by atoms with Gasteiger partial charge in [0, 0.05) is 5.56 Å². The Bertz CT molecular complexity index is 488. The molecule has 7 heteroatoms. The lowest BCUT2D eigenvalue weighted by molar-refractivity contribution is -0.143. The molecule has 0 aliphatic heterocycles. The molecule has 1 amide bonds. The van der Waals surface area contributed by atoms with E-state index in [9.17, 15) is 9.59 Å². The molecule has 0 saturated carbocycles. The Morgan fingerprint density at radius 2 is 1.95 bits per heavy atom. The Hall–Kier alpha value is -2.15. The van der Waals surface area contributed by atoms with E-state index in [2.05, 4.69) is 10.1 Å². The van der Waals surface area contributed by atoms with Gasteiger partial charge in [0.25, 0.3) is 5.91 Å². The Morgan fingerprint density at radius 3 is 2.50 bits per heavy atom. The molecule has 108 valence electrons. The first-order valence-corrected chi connectivity index (χ1v) is 6.38. The number of rotatable bonds is 7. The van der Waals surface area contributed by atoms with Crippen molar-refractivity contribution < 1.29 is 19.1 Å². The van der Waals surface area contributed by atoms with Crippen LogP contribution in [0.2, 0.25) is 0 Å². The van der Waals surface area contributed by atoms with Crippen molar-refractivity contribution in [3.05, 3.63) is 29.8 Å². The Kier molecular flexibility index (Phi) is 6.45. The van der Waals surface area contributed by atoms with Gasteiger partial charge in [-0.25, -0.2) is 0 Å². The summed E-state index contributed by atoms with van der Waals surface area (Å²) in [5, 5.41) is 2.39. The Morgan fingerprint density at radius 1 is 1.30 bits per heavy atom. The summed E-state index contributed by atoms with van der Waals surface area (Å²) >= 11 is 4.82. The van der Waals surface area contributed by atoms with Crippen LogP contribution in [0.4, 0.5) is 0 Å². The van der Waals surface area contributed by atoms with Gasteiger partial charge >= 0.3 is 5.97 Å². The monoisotopic (exact) mass is 296 g/mol. The number of ether oxygens (including phenoxy) is 2. The molecule has 0 radical (unpaired) electrons. The third-order valence-electron chi connectivity index (χ3n) is 2.24. The second kappa shape index (κ2) is 8.11. The molecule has 3 N–H and O–H groups in total. The van der Waals surface area contributed by atoms with E-state index in [-0.39, 0.29) is 19.8 Å². The SMILES string of the molecule is CCOC(=O)CNC(=O)COc1ccc(C(N)=S)cc1. The molecule has 0 spiro atoms. The van der Waals surface area contributed by atoms with Crippen LogP contribution in [-0.2, 0) is 14.3 Å². The summed E-state index contributed by atoms with van der Waals surface area (Å²) in [7, 11) is 0. The molecule has 0 aliphatic rings. The van der Waals surface area contributed by atoms with Crippen LogP contribution in [0.25, 0.3) is 0 Å². The van der Waals surface area contributed by atoms with Crippen LogP contribution in [0, 0.1) is 0 Å². The fraction of sp³-hybridized carbons (Fsp3) is 0.308. The lowest BCUT2D eigenvalue weighted by Crippen LogP contribution is -2.34. The van der Waals surface area contributed by atoms with Gasteiger partial charge in [-0.1, -0.05) is 12.2 Å². The Labute approximate surface area is 122 Å². The first-order valence-electron chi connectivity index (χ1n) is 5.98. The van der Waals surface area contributed by atoms with Crippen LogP contribution in [-0.4, -0.2) is 36.6 Å². The molecule has 0 aromatic heterocycles. The van der Waals surface area contributed by atoms with Gasteiger partial charge in [0.05, 0.1) is 6.61 Å². The summed E-state index contributed by atoms with van der Waals surface area (Å²) in [5.74, 6) is -0.380. The molecule has 0 atom stereocenters. The van der Waals surface area contributed by atoms with Gasteiger partial charge < -0.3 is 20.5 Å². The van der Waals surface area contributed by atoms with Crippen molar-refractivity contribution >= 4 is 29.1 Å². The first kappa shape index (κ1) is 15.9. The Balaban J connectivity index is 2.33.